The number of benzene rings is 1. The summed E-state index contributed by atoms with van der Waals surface area (Å²) in [5.41, 5.74) is 2.96. The van der Waals surface area contributed by atoms with E-state index in [2.05, 4.69) is 11.2 Å². The Balaban J connectivity index is 2.17. The molecule has 2 aromatic rings. The van der Waals surface area contributed by atoms with Crippen molar-refractivity contribution >= 4 is 17.7 Å². The van der Waals surface area contributed by atoms with Crippen LogP contribution in [0.5, 0.6) is 0 Å². The predicted molar refractivity (Wildman–Crippen MR) is 90.4 cm³/mol. The van der Waals surface area contributed by atoms with E-state index in [1.54, 1.807) is 4.68 Å². The number of nitriles is 1. The Bertz CT molecular complexity index is 717. The van der Waals surface area contributed by atoms with Gasteiger partial charge in [-0.1, -0.05) is 18.2 Å². The molecule has 0 fully saturated rings. The summed E-state index contributed by atoms with van der Waals surface area (Å²) in [7, 11) is 0. The van der Waals surface area contributed by atoms with Crippen LogP contribution < -0.4 is 0 Å². The van der Waals surface area contributed by atoms with E-state index in [9.17, 15) is 10.1 Å². The molecule has 0 aliphatic rings. The summed E-state index contributed by atoms with van der Waals surface area (Å²) in [6.45, 7) is 5.47. The molecule has 1 heterocycles. The smallest absolute Gasteiger partial charge is 0.316 e. The number of para-hydroxylation sites is 1. The predicted octanol–water partition coefficient (Wildman–Crippen LogP) is 3.24. The van der Waals surface area contributed by atoms with Gasteiger partial charge in [0.2, 0.25) is 0 Å². The van der Waals surface area contributed by atoms with Crippen LogP contribution in [0.25, 0.3) is 5.69 Å². The molecule has 1 aromatic heterocycles. The molecule has 0 bridgehead atoms. The van der Waals surface area contributed by atoms with Crippen molar-refractivity contribution in [3.63, 3.8) is 0 Å². The molecule has 0 radical (unpaired) electrons. The Morgan fingerprint density at radius 3 is 2.70 bits per heavy atom. The minimum atomic E-state index is -0.244. The van der Waals surface area contributed by atoms with Crippen LogP contribution in [0.4, 0.5) is 0 Å². The number of ether oxygens (including phenoxy) is 1. The molecule has 23 heavy (non-hydrogen) atoms. The lowest BCUT2D eigenvalue weighted by molar-refractivity contribution is -0.144. The van der Waals surface area contributed by atoms with Gasteiger partial charge in [-0.25, -0.2) is 4.68 Å². The Kier molecular flexibility index (Phi) is 5.83. The van der Waals surface area contributed by atoms with E-state index in [4.69, 9.17) is 4.74 Å². The van der Waals surface area contributed by atoms with Gasteiger partial charge in [-0.05, 0) is 32.9 Å². The number of thioether (sulfide) groups is 1. The van der Waals surface area contributed by atoms with Crippen molar-refractivity contribution in [1.29, 1.82) is 5.26 Å². The van der Waals surface area contributed by atoms with Gasteiger partial charge in [0.25, 0.3) is 0 Å². The van der Waals surface area contributed by atoms with Gasteiger partial charge in [0.15, 0.2) is 0 Å². The van der Waals surface area contributed by atoms with Crippen LogP contribution in [0.15, 0.2) is 30.3 Å². The minimum absolute atomic E-state index is 0.116. The van der Waals surface area contributed by atoms with Crippen molar-refractivity contribution in [2.45, 2.75) is 32.6 Å². The zero-order valence-corrected chi connectivity index (χ0v) is 14.3. The summed E-state index contributed by atoms with van der Waals surface area (Å²) in [5.74, 6) is 0.527. The average molecular weight is 329 g/mol. The second-order valence-electron chi connectivity index (χ2n) is 5.30. The third kappa shape index (κ3) is 4.36. The summed E-state index contributed by atoms with van der Waals surface area (Å²) in [4.78, 5) is 11.6. The summed E-state index contributed by atoms with van der Waals surface area (Å²) < 4.78 is 6.89. The second kappa shape index (κ2) is 7.84. The fraction of sp³-hybridized carbons (Fsp3) is 0.353. The third-order valence-corrected chi connectivity index (χ3v) is 4.01. The Morgan fingerprint density at radius 1 is 1.39 bits per heavy atom. The van der Waals surface area contributed by atoms with Gasteiger partial charge < -0.3 is 4.74 Å². The summed E-state index contributed by atoms with van der Waals surface area (Å²) in [6, 6.07) is 11.9. The number of nitrogens with zero attached hydrogens (tertiary/aromatic N) is 3. The summed E-state index contributed by atoms with van der Waals surface area (Å²) >= 11 is 1.42. The van der Waals surface area contributed by atoms with E-state index in [0.717, 1.165) is 11.4 Å². The largest absolute Gasteiger partial charge is 0.462 e. The van der Waals surface area contributed by atoms with E-state index in [0.29, 0.717) is 17.0 Å². The van der Waals surface area contributed by atoms with Crippen molar-refractivity contribution in [2.75, 3.05) is 5.75 Å². The highest BCUT2D eigenvalue weighted by Crippen LogP contribution is 2.22. The maximum absolute atomic E-state index is 11.6. The molecule has 0 spiro atoms. The van der Waals surface area contributed by atoms with Gasteiger partial charge >= 0.3 is 5.97 Å². The van der Waals surface area contributed by atoms with Crippen LogP contribution in [0.3, 0.4) is 0 Å². The molecule has 0 saturated carbocycles. The molecule has 0 aliphatic heterocycles. The summed E-state index contributed by atoms with van der Waals surface area (Å²) in [6.07, 6.45) is -0.116. The first-order valence-electron chi connectivity index (χ1n) is 7.34. The number of aryl methyl sites for hydroxylation is 1. The van der Waals surface area contributed by atoms with Gasteiger partial charge in [0.05, 0.1) is 34.5 Å². The van der Waals surface area contributed by atoms with Gasteiger partial charge in [-0.3, -0.25) is 4.79 Å². The zero-order valence-electron chi connectivity index (χ0n) is 13.4. The molecule has 0 saturated heterocycles. The number of rotatable bonds is 6. The zero-order chi connectivity index (χ0) is 16.8. The molecule has 2 rings (SSSR count). The van der Waals surface area contributed by atoms with Gasteiger partial charge in [0, 0.05) is 5.75 Å². The molecule has 6 heteroatoms. The first kappa shape index (κ1) is 17.1. The van der Waals surface area contributed by atoms with Crippen molar-refractivity contribution in [3.05, 3.63) is 47.3 Å². The average Bonchev–Trinajstić information content (AvgIpc) is 2.83. The van der Waals surface area contributed by atoms with Crippen molar-refractivity contribution in [3.8, 4) is 11.8 Å². The second-order valence-corrected chi connectivity index (χ2v) is 6.28. The number of hydrogen-bond donors (Lipinski definition) is 0. The quantitative estimate of drug-likeness (QED) is 0.761. The Hall–Kier alpha value is -2.26. The van der Waals surface area contributed by atoms with Gasteiger partial charge in [-0.2, -0.15) is 10.4 Å². The van der Waals surface area contributed by atoms with E-state index >= 15 is 0 Å². The van der Waals surface area contributed by atoms with Crippen molar-refractivity contribution in [2.24, 2.45) is 0 Å². The highest BCUT2D eigenvalue weighted by atomic mass is 32.2. The van der Waals surface area contributed by atoms with Crippen LogP contribution in [-0.4, -0.2) is 27.6 Å². The minimum Gasteiger partial charge on any atom is -0.462 e. The Morgan fingerprint density at radius 2 is 2.09 bits per heavy atom. The van der Waals surface area contributed by atoms with Crippen LogP contribution in [-0.2, 0) is 15.3 Å². The van der Waals surface area contributed by atoms with Crippen molar-refractivity contribution in [1.82, 2.24) is 9.78 Å². The maximum atomic E-state index is 11.6. The number of esters is 1. The van der Waals surface area contributed by atoms with Gasteiger partial charge in [0.1, 0.15) is 6.07 Å². The fourth-order valence-corrected chi connectivity index (χ4v) is 2.96. The van der Waals surface area contributed by atoms with E-state index in [1.165, 1.54) is 11.8 Å². The first-order valence-corrected chi connectivity index (χ1v) is 8.49. The maximum Gasteiger partial charge on any atom is 0.316 e. The molecule has 0 amide bonds. The normalized spacial score (nSPS) is 10.6. The number of aromatic nitrogens is 2. The Labute approximate surface area is 140 Å². The topological polar surface area (TPSA) is 67.9 Å². The summed E-state index contributed by atoms with van der Waals surface area (Å²) in [5, 5.41) is 13.8. The van der Waals surface area contributed by atoms with E-state index in [1.807, 2.05) is 51.1 Å². The molecule has 0 N–H and O–H groups in total. The lowest BCUT2D eigenvalue weighted by Crippen LogP contribution is -2.13. The number of carbonyl (C=O) groups is 1. The number of carbonyl (C=O) groups excluding carboxylic acids is 1. The highest BCUT2D eigenvalue weighted by Gasteiger charge is 2.17. The molecule has 0 aliphatic carbocycles. The molecule has 0 unspecified atom stereocenters. The van der Waals surface area contributed by atoms with E-state index < -0.39 is 0 Å². The van der Waals surface area contributed by atoms with Gasteiger partial charge in [-0.15, -0.1) is 11.8 Å². The SMILES string of the molecule is Cc1nn(-c2ccccc2)c(CSCC(=O)OC(C)C)c1C#N. The standard InChI is InChI=1S/C17H19N3O2S/c1-12(2)22-17(21)11-23-10-16-15(9-18)13(3)19-20(16)14-7-5-4-6-8-14/h4-8,12H,10-11H2,1-3H3. The first-order chi connectivity index (χ1) is 11.0. The molecular formula is C17H19N3O2S. The lowest BCUT2D eigenvalue weighted by Gasteiger charge is -2.09. The van der Waals surface area contributed by atoms with Crippen LogP contribution in [0.1, 0.15) is 30.8 Å². The highest BCUT2D eigenvalue weighted by molar-refractivity contribution is 7.99. The fourth-order valence-electron chi connectivity index (χ4n) is 2.16. The molecule has 5 nitrogen and oxygen atoms in total. The van der Waals surface area contributed by atoms with E-state index in [-0.39, 0.29) is 17.8 Å². The molecular weight excluding hydrogens is 310 g/mol. The van der Waals surface area contributed by atoms with Crippen LogP contribution >= 0.6 is 11.8 Å². The van der Waals surface area contributed by atoms with Crippen LogP contribution in [0, 0.1) is 18.3 Å². The molecule has 0 atom stereocenters. The molecule has 1 aromatic carbocycles. The number of hydrogen-bond acceptors (Lipinski definition) is 5. The van der Waals surface area contributed by atoms with Crippen LogP contribution in [0.2, 0.25) is 0 Å². The lowest BCUT2D eigenvalue weighted by atomic mass is 10.2. The van der Waals surface area contributed by atoms with Crippen molar-refractivity contribution < 1.29 is 9.53 Å². The molecule has 120 valence electrons. The monoisotopic (exact) mass is 329 g/mol. The third-order valence-electron chi connectivity index (χ3n) is 3.09.